The Kier molecular flexibility index (Phi) is 5.21. The van der Waals surface area contributed by atoms with E-state index in [1.54, 1.807) is 6.20 Å². The minimum absolute atomic E-state index is 0.0342. The van der Waals surface area contributed by atoms with E-state index in [9.17, 15) is 0 Å². The highest BCUT2D eigenvalue weighted by Gasteiger charge is 2.16. The van der Waals surface area contributed by atoms with E-state index in [1.807, 2.05) is 51.4 Å². The Morgan fingerprint density at radius 3 is 2.62 bits per heavy atom. The second-order valence-corrected chi connectivity index (χ2v) is 5.78. The highest BCUT2D eigenvalue weighted by molar-refractivity contribution is 6.30. The molecule has 1 aromatic heterocycles. The Bertz CT molecular complexity index is 613. The lowest BCUT2D eigenvalue weighted by Gasteiger charge is -2.20. The zero-order valence-electron chi connectivity index (χ0n) is 12.9. The molecule has 0 radical (unpaired) electrons. The molecule has 4 heteroatoms. The van der Waals surface area contributed by atoms with Gasteiger partial charge in [-0.2, -0.15) is 0 Å². The SMILES string of the molecule is CNC(c1cncc(OC(C)C)c1)c1cc(Cl)ccc1C. The van der Waals surface area contributed by atoms with Crippen LogP contribution in [0.25, 0.3) is 0 Å². The predicted molar refractivity (Wildman–Crippen MR) is 87.1 cm³/mol. The van der Waals surface area contributed by atoms with Gasteiger partial charge in [-0.3, -0.25) is 4.98 Å². The fraction of sp³-hybridized carbons (Fsp3) is 0.353. The van der Waals surface area contributed by atoms with Gasteiger partial charge in [0, 0.05) is 11.2 Å². The number of benzene rings is 1. The number of aryl methyl sites for hydroxylation is 1. The molecule has 1 unspecified atom stereocenters. The van der Waals surface area contributed by atoms with Crippen molar-refractivity contribution in [1.82, 2.24) is 10.3 Å². The number of rotatable bonds is 5. The fourth-order valence-corrected chi connectivity index (χ4v) is 2.53. The van der Waals surface area contributed by atoms with E-state index in [2.05, 4.69) is 17.2 Å². The third kappa shape index (κ3) is 3.96. The lowest BCUT2D eigenvalue weighted by atomic mass is 9.96. The summed E-state index contributed by atoms with van der Waals surface area (Å²) in [7, 11) is 1.93. The first kappa shape index (κ1) is 15.8. The minimum Gasteiger partial charge on any atom is -0.489 e. The van der Waals surface area contributed by atoms with Crippen molar-refractivity contribution in [2.24, 2.45) is 0 Å². The van der Waals surface area contributed by atoms with Crippen molar-refractivity contribution in [1.29, 1.82) is 0 Å². The maximum absolute atomic E-state index is 6.14. The monoisotopic (exact) mass is 304 g/mol. The van der Waals surface area contributed by atoms with Crippen LogP contribution in [0.15, 0.2) is 36.7 Å². The Labute approximate surface area is 131 Å². The van der Waals surface area contributed by atoms with Gasteiger partial charge in [0.1, 0.15) is 5.75 Å². The summed E-state index contributed by atoms with van der Waals surface area (Å²) in [5, 5.41) is 4.06. The Balaban J connectivity index is 2.39. The van der Waals surface area contributed by atoms with Crippen molar-refractivity contribution in [3.8, 4) is 5.75 Å². The molecule has 112 valence electrons. The lowest BCUT2D eigenvalue weighted by Crippen LogP contribution is -2.19. The predicted octanol–water partition coefficient (Wildman–Crippen LogP) is 4.14. The topological polar surface area (TPSA) is 34.2 Å². The molecule has 21 heavy (non-hydrogen) atoms. The van der Waals surface area contributed by atoms with E-state index in [0.29, 0.717) is 0 Å². The molecule has 0 saturated heterocycles. The van der Waals surface area contributed by atoms with Gasteiger partial charge in [-0.05, 0) is 62.7 Å². The minimum atomic E-state index is 0.0342. The van der Waals surface area contributed by atoms with Gasteiger partial charge in [0.2, 0.25) is 0 Å². The first-order valence-corrected chi connectivity index (χ1v) is 7.44. The molecule has 2 rings (SSSR count). The molecular formula is C17H21ClN2O. The number of aromatic nitrogens is 1. The molecule has 0 aliphatic heterocycles. The van der Waals surface area contributed by atoms with Gasteiger partial charge in [-0.15, -0.1) is 0 Å². The molecule has 0 aliphatic rings. The van der Waals surface area contributed by atoms with Crippen LogP contribution in [0.5, 0.6) is 5.75 Å². The molecule has 0 saturated carbocycles. The summed E-state index contributed by atoms with van der Waals surface area (Å²) in [6, 6.07) is 7.99. The maximum atomic E-state index is 6.14. The average Bonchev–Trinajstić information content (AvgIpc) is 2.43. The molecule has 0 amide bonds. The van der Waals surface area contributed by atoms with Gasteiger partial charge < -0.3 is 10.1 Å². The number of ether oxygens (including phenoxy) is 1. The Hall–Kier alpha value is -1.58. The highest BCUT2D eigenvalue weighted by Crippen LogP contribution is 2.28. The van der Waals surface area contributed by atoms with Crippen molar-refractivity contribution in [2.75, 3.05) is 7.05 Å². The van der Waals surface area contributed by atoms with Gasteiger partial charge in [0.05, 0.1) is 18.3 Å². The number of halogens is 1. The van der Waals surface area contributed by atoms with Crippen molar-refractivity contribution in [3.05, 3.63) is 58.4 Å². The van der Waals surface area contributed by atoms with Crippen LogP contribution in [0.2, 0.25) is 5.02 Å². The summed E-state index contributed by atoms with van der Waals surface area (Å²) in [6.07, 6.45) is 3.72. The van der Waals surface area contributed by atoms with Crippen LogP contribution >= 0.6 is 11.6 Å². The van der Waals surface area contributed by atoms with Crippen LogP contribution in [-0.4, -0.2) is 18.1 Å². The molecule has 3 nitrogen and oxygen atoms in total. The van der Waals surface area contributed by atoms with E-state index >= 15 is 0 Å². The van der Waals surface area contributed by atoms with Gasteiger partial charge in [-0.25, -0.2) is 0 Å². The first-order chi connectivity index (χ1) is 10.0. The van der Waals surface area contributed by atoms with Gasteiger partial charge >= 0.3 is 0 Å². The van der Waals surface area contributed by atoms with E-state index in [1.165, 1.54) is 5.56 Å². The lowest BCUT2D eigenvalue weighted by molar-refractivity contribution is 0.241. The third-order valence-electron chi connectivity index (χ3n) is 3.28. The molecule has 1 heterocycles. The number of nitrogens with zero attached hydrogens (tertiary/aromatic N) is 1. The Morgan fingerprint density at radius 2 is 1.95 bits per heavy atom. The maximum Gasteiger partial charge on any atom is 0.138 e. The van der Waals surface area contributed by atoms with Crippen molar-refractivity contribution in [2.45, 2.75) is 32.9 Å². The van der Waals surface area contributed by atoms with Crippen LogP contribution in [0.3, 0.4) is 0 Å². The number of hydrogen-bond acceptors (Lipinski definition) is 3. The quantitative estimate of drug-likeness (QED) is 0.901. The molecule has 0 aliphatic carbocycles. The normalized spacial score (nSPS) is 12.5. The summed E-state index contributed by atoms with van der Waals surface area (Å²) in [6.45, 7) is 6.09. The molecule has 2 aromatic rings. The smallest absolute Gasteiger partial charge is 0.138 e. The largest absolute Gasteiger partial charge is 0.489 e. The average molecular weight is 305 g/mol. The number of nitrogens with one attached hydrogen (secondary N) is 1. The zero-order valence-corrected chi connectivity index (χ0v) is 13.6. The van der Waals surface area contributed by atoms with Crippen LogP contribution < -0.4 is 10.1 Å². The summed E-state index contributed by atoms with van der Waals surface area (Å²) in [5.74, 6) is 0.780. The number of hydrogen-bond donors (Lipinski definition) is 1. The molecule has 1 atom stereocenters. The molecule has 0 spiro atoms. The van der Waals surface area contributed by atoms with Gasteiger partial charge in [-0.1, -0.05) is 17.7 Å². The summed E-state index contributed by atoms with van der Waals surface area (Å²) in [5.41, 5.74) is 3.39. The first-order valence-electron chi connectivity index (χ1n) is 7.06. The van der Waals surface area contributed by atoms with Crippen LogP contribution in [0.1, 0.15) is 36.6 Å². The van der Waals surface area contributed by atoms with Crippen molar-refractivity contribution >= 4 is 11.6 Å². The molecule has 0 fully saturated rings. The van der Waals surface area contributed by atoms with Crippen molar-refractivity contribution in [3.63, 3.8) is 0 Å². The van der Waals surface area contributed by atoms with Crippen molar-refractivity contribution < 1.29 is 4.74 Å². The molecule has 0 bridgehead atoms. The van der Waals surface area contributed by atoms with E-state index in [4.69, 9.17) is 16.3 Å². The molecule has 1 aromatic carbocycles. The van der Waals surface area contributed by atoms with E-state index in [-0.39, 0.29) is 12.1 Å². The zero-order chi connectivity index (χ0) is 15.4. The summed E-state index contributed by atoms with van der Waals surface area (Å²) in [4.78, 5) is 4.29. The summed E-state index contributed by atoms with van der Waals surface area (Å²) < 4.78 is 5.72. The van der Waals surface area contributed by atoms with Gasteiger partial charge in [0.15, 0.2) is 0 Å². The highest BCUT2D eigenvalue weighted by atomic mass is 35.5. The van der Waals surface area contributed by atoms with Crippen LogP contribution in [0.4, 0.5) is 0 Å². The number of pyridine rings is 1. The van der Waals surface area contributed by atoms with Gasteiger partial charge in [0.25, 0.3) is 0 Å². The molecular weight excluding hydrogens is 284 g/mol. The fourth-order valence-electron chi connectivity index (χ4n) is 2.35. The van der Waals surface area contributed by atoms with Crippen LogP contribution in [-0.2, 0) is 0 Å². The second-order valence-electron chi connectivity index (χ2n) is 5.34. The summed E-state index contributed by atoms with van der Waals surface area (Å²) >= 11 is 6.14. The third-order valence-corrected chi connectivity index (χ3v) is 3.52. The van der Waals surface area contributed by atoms with Crippen LogP contribution in [0, 0.1) is 6.92 Å². The van der Waals surface area contributed by atoms with E-state index < -0.39 is 0 Å². The Morgan fingerprint density at radius 1 is 1.19 bits per heavy atom. The second kappa shape index (κ2) is 6.92. The van der Waals surface area contributed by atoms with E-state index in [0.717, 1.165) is 21.9 Å². The molecule has 1 N–H and O–H groups in total. The standard InChI is InChI=1S/C17H21ClN2O/c1-11(2)21-15-7-13(9-20-10-15)17(19-4)16-8-14(18)6-5-12(16)3/h5-11,17,19H,1-4H3.